The van der Waals surface area contributed by atoms with Crippen molar-refractivity contribution in [2.75, 3.05) is 33.4 Å². The van der Waals surface area contributed by atoms with E-state index < -0.39 is 0 Å². The maximum Gasteiger partial charge on any atom is 0.0903 e. The van der Waals surface area contributed by atoms with E-state index >= 15 is 0 Å². The first kappa shape index (κ1) is 7.98. The Labute approximate surface area is 61.7 Å². The van der Waals surface area contributed by atoms with Crippen molar-refractivity contribution in [3.8, 4) is 0 Å². The van der Waals surface area contributed by atoms with E-state index in [0.717, 1.165) is 13.1 Å². The van der Waals surface area contributed by atoms with Gasteiger partial charge in [-0.25, -0.2) is 0 Å². The predicted molar refractivity (Wildman–Crippen MR) is 39.1 cm³/mol. The maximum absolute atomic E-state index is 5.52. The molecule has 0 atom stereocenters. The van der Waals surface area contributed by atoms with Gasteiger partial charge in [0.15, 0.2) is 0 Å². The molecule has 1 N–H and O–H groups in total. The number of ether oxygens (including phenoxy) is 2. The molecule has 1 rings (SSSR count). The highest BCUT2D eigenvalue weighted by atomic mass is 16.5. The lowest BCUT2D eigenvalue weighted by molar-refractivity contribution is -0.0806. The molecular weight excluding hydrogens is 130 g/mol. The van der Waals surface area contributed by atoms with E-state index in [9.17, 15) is 0 Å². The fraction of sp³-hybridized carbons (Fsp3) is 1.00. The van der Waals surface area contributed by atoms with Crippen molar-refractivity contribution < 1.29 is 9.47 Å². The Balaban J connectivity index is 2.01. The van der Waals surface area contributed by atoms with Gasteiger partial charge in [0.1, 0.15) is 0 Å². The molecule has 0 aromatic rings. The van der Waals surface area contributed by atoms with Crippen LogP contribution >= 0.6 is 0 Å². The second kappa shape index (κ2) is 3.32. The third kappa shape index (κ3) is 1.94. The lowest BCUT2D eigenvalue weighted by Crippen LogP contribution is -2.59. The van der Waals surface area contributed by atoms with Gasteiger partial charge in [0.2, 0.25) is 0 Å². The van der Waals surface area contributed by atoms with Crippen molar-refractivity contribution in [2.45, 2.75) is 12.5 Å². The Kier molecular flexibility index (Phi) is 2.65. The lowest BCUT2D eigenvalue weighted by atomic mass is 10.0. The quantitative estimate of drug-likeness (QED) is 0.565. The van der Waals surface area contributed by atoms with Crippen molar-refractivity contribution in [3.05, 3.63) is 0 Å². The third-order valence-corrected chi connectivity index (χ3v) is 1.74. The van der Waals surface area contributed by atoms with Crippen LogP contribution in [0.1, 0.15) is 6.92 Å². The molecule has 3 nitrogen and oxygen atoms in total. The molecular formula is C7H15NO2. The zero-order valence-corrected chi connectivity index (χ0v) is 6.64. The summed E-state index contributed by atoms with van der Waals surface area (Å²) in [6.45, 7) is 5.44. The van der Waals surface area contributed by atoms with Crippen LogP contribution in [0.4, 0.5) is 0 Å². The molecule has 0 aromatic heterocycles. The van der Waals surface area contributed by atoms with Gasteiger partial charge in [-0.2, -0.15) is 0 Å². The minimum Gasteiger partial charge on any atom is -0.382 e. The molecule has 1 saturated heterocycles. The van der Waals surface area contributed by atoms with Crippen LogP contribution in [0.5, 0.6) is 0 Å². The van der Waals surface area contributed by atoms with Crippen LogP contribution < -0.4 is 5.32 Å². The molecule has 0 bridgehead atoms. The number of hydrogen-bond donors (Lipinski definition) is 1. The van der Waals surface area contributed by atoms with Crippen LogP contribution in [-0.2, 0) is 9.47 Å². The fourth-order valence-electron chi connectivity index (χ4n) is 0.951. The van der Waals surface area contributed by atoms with Gasteiger partial charge in [-0.1, -0.05) is 0 Å². The minimum absolute atomic E-state index is 0.0819. The summed E-state index contributed by atoms with van der Waals surface area (Å²) in [5.74, 6) is 0. The van der Waals surface area contributed by atoms with Crippen LogP contribution in [0, 0.1) is 0 Å². The van der Waals surface area contributed by atoms with Gasteiger partial charge in [0.25, 0.3) is 0 Å². The summed E-state index contributed by atoms with van der Waals surface area (Å²) < 4.78 is 10.4. The van der Waals surface area contributed by atoms with Crippen LogP contribution in [0.2, 0.25) is 0 Å². The Bertz CT molecular complexity index is 102. The highest BCUT2D eigenvalue weighted by Gasteiger charge is 2.31. The molecule has 10 heavy (non-hydrogen) atoms. The van der Waals surface area contributed by atoms with Crippen molar-refractivity contribution in [2.24, 2.45) is 0 Å². The van der Waals surface area contributed by atoms with Gasteiger partial charge in [-0.05, 0) is 6.92 Å². The summed E-state index contributed by atoms with van der Waals surface area (Å²) >= 11 is 0. The van der Waals surface area contributed by atoms with E-state index in [2.05, 4.69) is 12.2 Å². The smallest absolute Gasteiger partial charge is 0.0903 e. The average molecular weight is 145 g/mol. The van der Waals surface area contributed by atoms with E-state index in [0.29, 0.717) is 13.2 Å². The Morgan fingerprint density at radius 1 is 1.40 bits per heavy atom. The van der Waals surface area contributed by atoms with Gasteiger partial charge in [0.05, 0.1) is 18.8 Å². The summed E-state index contributed by atoms with van der Waals surface area (Å²) in [6.07, 6.45) is 0. The Morgan fingerprint density at radius 2 is 2.10 bits per heavy atom. The highest BCUT2D eigenvalue weighted by Crippen LogP contribution is 2.14. The van der Waals surface area contributed by atoms with E-state index in [1.165, 1.54) is 0 Å². The molecule has 0 aromatic carbocycles. The highest BCUT2D eigenvalue weighted by molar-refractivity contribution is 4.89. The van der Waals surface area contributed by atoms with Gasteiger partial charge in [-0.3, -0.25) is 0 Å². The van der Waals surface area contributed by atoms with E-state index in [1.54, 1.807) is 7.11 Å². The predicted octanol–water partition coefficient (Wildman–Crippen LogP) is 0.0113. The maximum atomic E-state index is 5.52. The summed E-state index contributed by atoms with van der Waals surface area (Å²) in [5, 5.41) is 3.16. The summed E-state index contributed by atoms with van der Waals surface area (Å²) in [5.41, 5.74) is 0.0819. The van der Waals surface area contributed by atoms with E-state index in [1.807, 2.05) is 0 Å². The molecule has 0 aliphatic carbocycles. The molecule has 0 amide bonds. The van der Waals surface area contributed by atoms with Crippen LogP contribution in [-0.4, -0.2) is 39.0 Å². The standard InChI is InChI=1S/C7H15NO2/c1-7(5-8-6-7)10-4-3-9-2/h8H,3-6H2,1-2H3. The number of hydrogen-bond acceptors (Lipinski definition) is 3. The largest absolute Gasteiger partial charge is 0.382 e. The second-order valence-corrected chi connectivity index (χ2v) is 2.89. The number of methoxy groups -OCH3 is 1. The molecule has 0 unspecified atom stereocenters. The molecule has 1 fully saturated rings. The Morgan fingerprint density at radius 3 is 2.50 bits per heavy atom. The monoisotopic (exact) mass is 145 g/mol. The van der Waals surface area contributed by atoms with E-state index in [4.69, 9.17) is 9.47 Å². The lowest BCUT2D eigenvalue weighted by Gasteiger charge is -2.38. The van der Waals surface area contributed by atoms with Crippen molar-refractivity contribution in [1.82, 2.24) is 5.32 Å². The molecule has 0 spiro atoms. The zero-order chi connectivity index (χ0) is 7.45. The first-order chi connectivity index (χ1) is 4.77. The zero-order valence-electron chi connectivity index (χ0n) is 6.64. The summed E-state index contributed by atoms with van der Waals surface area (Å²) in [7, 11) is 1.69. The fourth-order valence-corrected chi connectivity index (χ4v) is 0.951. The van der Waals surface area contributed by atoms with Crippen LogP contribution in [0.15, 0.2) is 0 Å². The molecule has 0 saturated carbocycles. The normalized spacial score (nSPS) is 22.2. The van der Waals surface area contributed by atoms with Crippen molar-refractivity contribution in [3.63, 3.8) is 0 Å². The number of rotatable bonds is 4. The van der Waals surface area contributed by atoms with E-state index in [-0.39, 0.29) is 5.60 Å². The molecule has 3 heteroatoms. The molecule has 0 radical (unpaired) electrons. The topological polar surface area (TPSA) is 30.5 Å². The Hall–Kier alpha value is -0.120. The minimum atomic E-state index is 0.0819. The van der Waals surface area contributed by atoms with Gasteiger partial charge < -0.3 is 14.8 Å². The van der Waals surface area contributed by atoms with Gasteiger partial charge in [-0.15, -0.1) is 0 Å². The molecule has 1 heterocycles. The second-order valence-electron chi connectivity index (χ2n) is 2.89. The van der Waals surface area contributed by atoms with Gasteiger partial charge in [0, 0.05) is 20.2 Å². The molecule has 1 aliphatic heterocycles. The third-order valence-electron chi connectivity index (χ3n) is 1.74. The van der Waals surface area contributed by atoms with Crippen molar-refractivity contribution in [1.29, 1.82) is 0 Å². The SMILES string of the molecule is COCCOC1(C)CNC1. The first-order valence-electron chi connectivity index (χ1n) is 3.60. The first-order valence-corrected chi connectivity index (χ1v) is 3.60. The number of nitrogens with one attached hydrogen (secondary N) is 1. The summed E-state index contributed by atoms with van der Waals surface area (Å²) in [6, 6.07) is 0. The molecule has 60 valence electrons. The van der Waals surface area contributed by atoms with Gasteiger partial charge >= 0.3 is 0 Å². The average Bonchev–Trinajstić information content (AvgIpc) is 1.85. The van der Waals surface area contributed by atoms with Crippen molar-refractivity contribution >= 4 is 0 Å². The van der Waals surface area contributed by atoms with Crippen LogP contribution in [0.3, 0.4) is 0 Å². The summed E-state index contributed by atoms with van der Waals surface area (Å²) in [4.78, 5) is 0. The van der Waals surface area contributed by atoms with Crippen LogP contribution in [0.25, 0.3) is 0 Å². The molecule has 1 aliphatic rings.